The molecule has 0 saturated heterocycles. The molecule has 5 nitrogen and oxygen atoms in total. The molecule has 0 spiro atoms. The normalized spacial score (nSPS) is 12.4. The third-order valence-electron chi connectivity index (χ3n) is 2.89. The van der Waals surface area contributed by atoms with Crippen molar-refractivity contribution in [3.63, 3.8) is 0 Å². The summed E-state index contributed by atoms with van der Waals surface area (Å²) in [5.41, 5.74) is 1.65. The van der Waals surface area contributed by atoms with Gasteiger partial charge in [-0.25, -0.2) is 0 Å². The van der Waals surface area contributed by atoms with E-state index >= 15 is 0 Å². The van der Waals surface area contributed by atoms with Gasteiger partial charge in [-0.2, -0.15) is 15.0 Å². The smallest absolute Gasteiger partial charge is 0.119 e. The number of aromatic nitrogens is 3. The minimum absolute atomic E-state index is 0.210. The monoisotopic (exact) mass is 269 g/mol. The van der Waals surface area contributed by atoms with Gasteiger partial charge in [0.25, 0.3) is 0 Å². The second kappa shape index (κ2) is 5.71. The number of ether oxygens (including phenoxy) is 1. The van der Waals surface area contributed by atoms with Crippen molar-refractivity contribution in [1.29, 1.82) is 0 Å². The number of benzene rings is 2. The van der Waals surface area contributed by atoms with Gasteiger partial charge in [-0.1, -0.05) is 30.3 Å². The van der Waals surface area contributed by atoms with Crippen LogP contribution in [0.25, 0.3) is 11.0 Å². The lowest BCUT2D eigenvalue weighted by atomic mass is 10.3. The number of nitrogens with zero attached hydrogens (tertiary/aromatic N) is 3. The number of hydrogen-bond acceptors (Lipinski definition) is 4. The van der Waals surface area contributed by atoms with E-state index in [0.717, 1.165) is 16.8 Å². The molecule has 0 aliphatic rings. The first-order chi connectivity index (χ1) is 9.81. The molecular weight excluding hydrogens is 254 g/mol. The largest absolute Gasteiger partial charge is 0.491 e. The summed E-state index contributed by atoms with van der Waals surface area (Å²) < 4.78 is 5.50. The summed E-state index contributed by atoms with van der Waals surface area (Å²) in [4.78, 5) is 1.50. The third-order valence-corrected chi connectivity index (χ3v) is 2.89. The fraction of sp³-hybridized carbons (Fsp3) is 0.200. The molecule has 0 fully saturated rings. The lowest BCUT2D eigenvalue weighted by Crippen LogP contribution is -2.24. The predicted molar refractivity (Wildman–Crippen MR) is 75.5 cm³/mol. The zero-order valence-electron chi connectivity index (χ0n) is 10.9. The lowest BCUT2D eigenvalue weighted by molar-refractivity contribution is 0.0857. The fourth-order valence-corrected chi connectivity index (χ4v) is 1.94. The number of fused-ring (bicyclic) bond motifs is 1. The Kier molecular flexibility index (Phi) is 3.60. The zero-order chi connectivity index (χ0) is 13.8. The van der Waals surface area contributed by atoms with Crippen molar-refractivity contribution in [3.05, 3.63) is 54.6 Å². The molecule has 102 valence electrons. The van der Waals surface area contributed by atoms with Gasteiger partial charge in [0, 0.05) is 0 Å². The topological polar surface area (TPSA) is 60.2 Å². The van der Waals surface area contributed by atoms with Gasteiger partial charge in [0.2, 0.25) is 0 Å². The van der Waals surface area contributed by atoms with Gasteiger partial charge in [0.15, 0.2) is 0 Å². The molecular formula is C15H15N3O2. The van der Waals surface area contributed by atoms with E-state index in [9.17, 15) is 5.11 Å². The maximum atomic E-state index is 9.96. The molecule has 0 saturated carbocycles. The van der Waals surface area contributed by atoms with E-state index in [1.807, 2.05) is 54.6 Å². The van der Waals surface area contributed by atoms with Crippen LogP contribution in [0.3, 0.4) is 0 Å². The molecule has 1 atom stereocenters. The van der Waals surface area contributed by atoms with Gasteiger partial charge in [0.1, 0.15) is 29.5 Å². The molecule has 1 aromatic heterocycles. The molecule has 3 aromatic rings. The van der Waals surface area contributed by atoms with E-state index < -0.39 is 6.10 Å². The van der Waals surface area contributed by atoms with Crippen molar-refractivity contribution >= 4 is 11.0 Å². The van der Waals surface area contributed by atoms with Gasteiger partial charge in [-0.15, -0.1) is 0 Å². The maximum Gasteiger partial charge on any atom is 0.119 e. The molecule has 0 bridgehead atoms. The number of hydrogen-bond donors (Lipinski definition) is 1. The predicted octanol–water partition coefficient (Wildman–Crippen LogP) is 1.87. The Morgan fingerprint density at radius 2 is 1.55 bits per heavy atom. The number of rotatable bonds is 5. The summed E-state index contributed by atoms with van der Waals surface area (Å²) in [6.07, 6.45) is -0.656. The van der Waals surface area contributed by atoms with E-state index in [1.165, 1.54) is 4.80 Å². The van der Waals surface area contributed by atoms with Crippen LogP contribution >= 0.6 is 0 Å². The average Bonchev–Trinajstić information content (AvgIpc) is 2.88. The highest BCUT2D eigenvalue weighted by molar-refractivity contribution is 5.72. The van der Waals surface area contributed by atoms with Crippen molar-refractivity contribution in [1.82, 2.24) is 15.0 Å². The summed E-state index contributed by atoms with van der Waals surface area (Å²) in [5.74, 6) is 0.741. The summed E-state index contributed by atoms with van der Waals surface area (Å²) in [6.45, 7) is 0.517. The van der Waals surface area contributed by atoms with Crippen LogP contribution in [0, 0.1) is 0 Å². The number of para-hydroxylation sites is 1. The number of aliphatic hydroxyl groups is 1. The van der Waals surface area contributed by atoms with Crippen LogP contribution in [-0.4, -0.2) is 32.8 Å². The SMILES string of the molecule is OC(COc1ccccc1)Cn1nc2ccccc2n1. The Morgan fingerprint density at radius 3 is 2.20 bits per heavy atom. The molecule has 1 N–H and O–H groups in total. The second-order valence-corrected chi connectivity index (χ2v) is 4.52. The third kappa shape index (κ3) is 2.95. The van der Waals surface area contributed by atoms with E-state index in [0.29, 0.717) is 6.54 Å². The summed E-state index contributed by atoms with van der Waals surface area (Å²) in [6, 6.07) is 17.0. The van der Waals surface area contributed by atoms with Gasteiger partial charge >= 0.3 is 0 Å². The first kappa shape index (κ1) is 12.6. The average molecular weight is 269 g/mol. The quantitative estimate of drug-likeness (QED) is 0.768. The van der Waals surface area contributed by atoms with Gasteiger partial charge < -0.3 is 9.84 Å². The zero-order valence-corrected chi connectivity index (χ0v) is 10.9. The summed E-state index contributed by atoms with van der Waals surface area (Å²) >= 11 is 0. The highest BCUT2D eigenvalue weighted by atomic mass is 16.5. The summed E-state index contributed by atoms with van der Waals surface area (Å²) in [7, 11) is 0. The Hall–Kier alpha value is -2.40. The van der Waals surface area contributed by atoms with Crippen molar-refractivity contribution in [2.24, 2.45) is 0 Å². The maximum absolute atomic E-state index is 9.96. The first-order valence-electron chi connectivity index (χ1n) is 6.47. The standard InChI is InChI=1S/C15H15N3O2/c19-12(11-20-13-6-2-1-3-7-13)10-18-16-14-8-4-5-9-15(14)17-18/h1-9,12,19H,10-11H2. The molecule has 0 aliphatic carbocycles. The highest BCUT2D eigenvalue weighted by Gasteiger charge is 2.09. The van der Waals surface area contributed by atoms with Gasteiger partial charge in [0.05, 0.1) is 6.54 Å². The highest BCUT2D eigenvalue weighted by Crippen LogP contribution is 2.10. The molecule has 3 rings (SSSR count). The molecule has 0 amide bonds. The molecule has 5 heteroatoms. The van der Waals surface area contributed by atoms with Crippen LogP contribution in [0.4, 0.5) is 0 Å². The number of aliphatic hydroxyl groups excluding tert-OH is 1. The van der Waals surface area contributed by atoms with Crippen LogP contribution in [-0.2, 0) is 6.54 Å². The first-order valence-corrected chi connectivity index (χ1v) is 6.47. The minimum Gasteiger partial charge on any atom is -0.491 e. The summed E-state index contributed by atoms with van der Waals surface area (Å²) in [5, 5.41) is 18.6. The Labute approximate surface area is 116 Å². The molecule has 20 heavy (non-hydrogen) atoms. The van der Waals surface area contributed by atoms with Crippen molar-refractivity contribution in [3.8, 4) is 5.75 Å². The van der Waals surface area contributed by atoms with Crippen molar-refractivity contribution in [2.75, 3.05) is 6.61 Å². The van der Waals surface area contributed by atoms with E-state index in [1.54, 1.807) is 0 Å². The van der Waals surface area contributed by atoms with Crippen LogP contribution in [0.1, 0.15) is 0 Å². The van der Waals surface area contributed by atoms with Crippen LogP contribution < -0.4 is 4.74 Å². The Bertz CT molecular complexity index is 649. The molecule has 2 aromatic carbocycles. The van der Waals surface area contributed by atoms with Gasteiger partial charge in [-0.3, -0.25) is 0 Å². The molecule has 0 aliphatic heterocycles. The van der Waals surface area contributed by atoms with E-state index in [-0.39, 0.29) is 6.61 Å². The molecule has 1 unspecified atom stereocenters. The van der Waals surface area contributed by atoms with E-state index in [4.69, 9.17) is 4.74 Å². The van der Waals surface area contributed by atoms with Crippen LogP contribution in [0.15, 0.2) is 54.6 Å². The van der Waals surface area contributed by atoms with E-state index in [2.05, 4.69) is 10.2 Å². The van der Waals surface area contributed by atoms with Crippen molar-refractivity contribution in [2.45, 2.75) is 12.6 Å². The van der Waals surface area contributed by atoms with Crippen molar-refractivity contribution < 1.29 is 9.84 Å². The van der Waals surface area contributed by atoms with Crippen LogP contribution in [0.2, 0.25) is 0 Å². The fourth-order valence-electron chi connectivity index (χ4n) is 1.94. The van der Waals surface area contributed by atoms with Gasteiger partial charge in [-0.05, 0) is 24.3 Å². The van der Waals surface area contributed by atoms with Crippen LogP contribution in [0.5, 0.6) is 5.75 Å². The second-order valence-electron chi connectivity index (χ2n) is 4.52. The molecule has 0 radical (unpaired) electrons. The Morgan fingerprint density at radius 1 is 0.950 bits per heavy atom. The minimum atomic E-state index is -0.656. The Balaban J connectivity index is 1.59. The molecule has 1 heterocycles. The lowest BCUT2D eigenvalue weighted by Gasteiger charge is -2.11.